The summed E-state index contributed by atoms with van der Waals surface area (Å²) in [5.74, 6) is 0.787. The van der Waals surface area contributed by atoms with Gasteiger partial charge in [0.25, 0.3) is 0 Å². The summed E-state index contributed by atoms with van der Waals surface area (Å²) in [6, 6.07) is 13.4. The van der Waals surface area contributed by atoms with E-state index in [0.29, 0.717) is 0 Å². The second kappa shape index (κ2) is 6.37. The summed E-state index contributed by atoms with van der Waals surface area (Å²) in [6.45, 7) is 0. The van der Waals surface area contributed by atoms with E-state index in [4.69, 9.17) is 0 Å². The zero-order valence-electron chi connectivity index (χ0n) is 10.6. The maximum atomic E-state index is 13.6. The lowest BCUT2D eigenvalue weighted by Gasteiger charge is -2.09. The molecule has 2 aromatic rings. The molecule has 0 unspecified atom stereocenters. The highest BCUT2D eigenvalue weighted by Crippen LogP contribution is 2.44. The van der Waals surface area contributed by atoms with Crippen LogP contribution in [-0.4, -0.2) is 11.1 Å². The summed E-state index contributed by atoms with van der Waals surface area (Å²) in [6.07, 6.45) is 2.17. The van der Waals surface area contributed by atoms with E-state index in [9.17, 15) is 4.39 Å². The second-order valence-corrected chi connectivity index (χ2v) is 7.34. The number of alkyl halides is 1. The van der Waals surface area contributed by atoms with Gasteiger partial charge in [-0.05, 0) is 35.9 Å². The van der Waals surface area contributed by atoms with Crippen molar-refractivity contribution in [2.24, 2.45) is 0 Å². The Balaban J connectivity index is 2.13. The van der Waals surface area contributed by atoms with Crippen LogP contribution in [0.5, 0.6) is 0 Å². The van der Waals surface area contributed by atoms with E-state index < -0.39 is 0 Å². The number of hydrogen-bond acceptors (Lipinski definition) is 2. The topological polar surface area (TPSA) is 0 Å². The van der Waals surface area contributed by atoms with Gasteiger partial charge in [0.1, 0.15) is 5.82 Å². The normalized spacial score (nSPS) is 13.2. The van der Waals surface area contributed by atoms with Crippen LogP contribution in [0.3, 0.4) is 0 Å². The van der Waals surface area contributed by atoms with Gasteiger partial charge < -0.3 is 0 Å². The molecule has 3 rings (SSSR count). The lowest BCUT2D eigenvalue weighted by atomic mass is 10.1. The number of benzene rings is 2. The van der Waals surface area contributed by atoms with Crippen LogP contribution in [0, 0.1) is 5.82 Å². The Labute approximate surface area is 135 Å². The summed E-state index contributed by atoms with van der Waals surface area (Å²) in [5.41, 5.74) is 2.20. The van der Waals surface area contributed by atoms with Gasteiger partial charge in [-0.25, -0.2) is 4.39 Å². The highest BCUT2D eigenvalue weighted by Gasteiger charge is 2.16. The molecule has 4 heteroatoms. The quantitative estimate of drug-likeness (QED) is 0.618. The van der Waals surface area contributed by atoms with Crippen molar-refractivity contribution in [3.8, 4) is 0 Å². The first-order chi connectivity index (χ1) is 9.78. The molecule has 0 atom stereocenters. The second-order valence-electron chi connectivity index (χ2n) is 4.33. The summed E-state index contributed by atoms with van der Waals surface area (Å²) in [7, 11) is 0. The molecule has 1 aliphatic rings. The maximum absolute atomic E-state index is 13.6. The molecule has 1 aliphatic heterocycles. The van der Waals surface area contributed by atoms with Crippen LogP contribution < -0.4 is 0 Å². The molecule has 0 bridgehead atoms. The Hall–Kier alpha value is -0.710. The highest BCUT2D eigenvalue weighted by molar-refractivity contribution is 9.09. The van der Waals surface area contributed by atoms with Gasteiger partial charge in [-0.1, -0.05) is 45.9 Å². The molecular weight excluding hydrogens is 355 g/mol. The summed E-state index contributed by atoms with van der Waals surface area (Å²) in [4.78, 5) is 3.47. The van der Waals surface area contributed by atoms with Gasteiger partial charge in [0.05, 0.1) is 0 Å². The van der Waals surface area contributed by atoms with Crippen molar-refractivity contribution in [1.29, 1.82) is 0 Å². The average Bonchev–Trinajstić information content (AvgIpc) is 2.61. The Bertz CT molecular complexity index is 667. The van der Waals surface area contributed by atoms with E-state index >= 15 is 0 Å². The third-order valence-electron chi connectivity index (χ3n) is 2.97. The van der Waals surface area contributed by atoms with Gasteiger partial charge in [0, 0.05) is 31.3 Å². The van der Waals surface area contributed by atoms with Crippen LogP contribution in [0.2, 0.25) is 0 Å². The fourth-order valence-corrected chi connectivity index (χ4v) is 4.51. The predicted molar refractivity (Wildman–Crippen MR) is 91.1 cm³/mol. The zero-order chi connectivity index (χ0) is 13.9. The van der Waals surface area contributed by atoms with E-state index in [0.717, 1.165) is 26.4 Å². The van der Waals surface area contributed by atoms with Gasteiger partial charge in [-0.15, -0.1) is 11.8 Å². The van der Waals surface area contributed by atoms with Crippen LogP contribution >= 0.6 is 39.5 Å². The number of rotatable bonds is 3. The lowest BCUT2D eigenvalue weighted by molar-refractivity contribution is 0.626. The van der Waals surface area contributed by atoms with Crippen molar-refractivity contribution in [3.05, 3.63) is 59.4 Å². The monoisotopic (exact) mass is 366 g/mol. The standard InChI is InChI=1S/C16H12BrFS2/c17-7-8-19-16-9-11-3-1-2-4-14(11)20-15-6-5-12(18)10-13(15)16/h1-6,9-10H,7-8H2. The van der Waals surface area contributed by atoms with Crippen molar-refractivity contribution in [2.45, 2.75) is 9.79 Å². The van der Waals surface area contributed by atoms with Crippen molar-refractivity contribution < 1.29 is 4.39 Å². The number of hydrogen-bond donors (Lipinski definition) is 0. The van der Waals surface area contributed by atoms with E-state index in [1.807, 2.05) is 18.2 Å². The van der Waals surface area contributed by atoms with Crippen molar-refractivity contribution in [3.63, 3.8) is 0 Å². The zero-order valence-corrected chi connectivity index (χ0v) is 13.8. The molecule has 0 saturated carbocycles. The Morgan fingerprint density at radius 3 is 2.80 bits per heavy atom. The van der Waals surface area contributed by atoms with Crippen molar-refractivity contribution >= 4 is 50.4 Å². The van der Waals surface area contributed by atoms with Crippen molar-refractivity contribution in [1.82, 2.24) is 0 Å². The van der Waals surface area contributed by atoms with Gasteiger partial charge in [-0.3, -0.25) is 0 Å². The summed E-state index contributed by atoms with van der Waals surface area (Å²) >= 11 is 6.92. The largest absolute Gasteiger partial charge is 0.207 e. The minimum atomic E-state index is -0.180. The van der Waals surface area contributed by atoms with Crippen LogP contribution in [0.15, 0.2) is 52.3 Å². The molecule has 2 aromatic carbocycles. The van der Waals surface area contributed by atoms with Gasteiger partial charge in [-0.2, -0.15) is 0 Å². The maximum Gasteiger partial charge on any atom is 0.123 e. The molecule has 0 N–H and O–H groups in total. The highest BCUT2D eigenvalue weighted by atomic mass is 79.9. The SMILES string of the molecule is Fc1ccc2c(c1)C(SCCBr)=Cc1ccccc1S2. The number of fused-ring (bicyclic) bond motifs is 2. The number of halogens is 2. The molecule has 0 spiro atoms. The molecule has 102 valence electrons. The third-order valence-corrected chi connectivity index (χ3v) is 6.11. The van der Waals surface area contributed by atoms with Crippen molar-refractivity contribution in [2.75, 3.05) is 11.1 Å². The van der Waals surface area contributed by atoms with E-state index in [1.54, 1.807) is 29.6 Å². The molecule has 0 amide bonds. The van der Waals surface area contributed by atoms with Crippen LogP contribution in [0.4, 0.5) is 4.39 Å². The molecular formula is C16H12BrFS2. The molecule has 0 aliphatic carbocycles. The first kappa shape index (κ1) is 14.2. The number of thioether (sulfide) groups is 1. The average molecular weight is 367 g/mol. The molecule has 1 heterocycles. The Morgan fingerprint density at radius 2 is 1.95 bits per heavy atom. The fraction of sp³-hybridized carbons (Fsp3) is 0.125. The molecule has 0 nitrogen and oxygen atoms in total. The third kappa shape index (κ3) is 2.97. The van der Waals surface area contributed by atoms with Crippen LogP contribution in [-0.2, 0) is 0 Å². The molecule has 0 saturated heterocycles. The van der Waals surface area contributed by atoms with E-state index in [2.05, 4.69) is 34.1 Å². The molecule has 20 heavy (non-hydrogen) atoms. The first-order valence-corrected chi connectivity index (χ1v) is 9.17. The summed E-state index contributed by atoms with van der Waals surface area (Å²) < 4.78 is 13.6. The van der Waals surface area contributed by atoms with E-state index in [-0.39, 0.29) is 5.82 Å². The molecule has 0 fully saturated rings. The van der Waals surface area contributed by atoms with E-state index in [1.165, 1.54) is 16.5 Å². The van der Waals surface area contributed by atoms with Gasteiger partial charge in [0.2, 0.25) is 0 Å². The Morgan fingerprint density at radius 1 is 1.10 bits per heavy atom. The predicted octanol–water partition coefficient (Wildman–Crippen LogP) is 5.92. The minimum absolute atomic E-state index is 0.180. The van der Waals surface area contributed by atoms with Crippen LogP contribution in [0.1, 0.15) is 11.1 Å². The minimum Gasteiger partial charge on any atom is -0.207 e. The van der Waals surface area contributed by atoms with Gasteiger partial charge >= 0.3 is 0 Å². The smallest absolute Gasteiger partial charge is 0.123 e. The molecule has 0 aromatic heterocycles. The van der Waals surface area contributed by atoms with Gasteiger partial charge in [0.15, 0.2) is 0 Å². The lowest BCUT2D eigenvalue weighted by Crippen LogP contribution is -1.88. The first-order valence-electron chi connectivity index (χ1n) is 6.25. The van der Waals surface area contributed by atoms with Crippen LogP contribution in [0.25, 0.3) is 11.0 Å². The summed E-state index contributed by atoms with van der Waals surface area (Å²) in [5, 5.41) is 0.925. The molecule has 0 radical (unpaired) electrons. The fourth-order valence-electron chi connectivity index (χ4n) is 2.08. The Kier molecular flexibility index (Phi) is 4.54.